The molecule has 0 fully saturated rings. The van der Waals surface area contributed by atoms with Gasteiger partial charge < -0.3 is 14.0 Å². The van der Waals surface area contributed by atoms with Crippen molar-refractivity contribution in [1.82, 2.24) is 20.2 Å². The number of hydrogen-bond donors (Lipinski definition) is 0. The van der Waals surface area contributed by atoms with Crippen LogP contribution in [-0.4, -0.2) is 26.1 Å². The minimum absolute atomic E-state index is 0.266. The molecule has 0 spiro atoms. The zero-order valence-electron chi connectivity index (χ0n) is 16.4. The number of carbonyl (C=O) groups is 1. The lowest BCUT2D eigenvalue weighted by molar-refractivity contribution is 0.0335. The second-order valence-electron chi connectivity index (χ2n) is 6.59. The Labute approximate surface area is 170 Å². The second-order valence-corrected chi connectivity index (χ2v) is 6.59. The van der Waals surface area contributed by atoms with E-state index in [1.807, 2.05) is 13.8 Å². The van der Waals surface area contributed by atoms with Gasteiger partial charge in [0.15, 0.2) is 6.73 Å². The third kappa shape index (κ3) is 3.90. The number of hydrogen-bond acceptors (Lipinski definition) is 8. The molecule has 0 aliphatic heterocycles. The number of aromatic nitrogens is 4. The first kappa shape index (κ1) is 19.3. The predicted octanol–water partition coefficient (Wildman–Crippen LogP) is 2.79. The van der Waals surface area contributed by atoms with Crippen LogP contribution in [0.1, 0.15) is 27.4 Å². The molecule has 0 saturated heterocycles. The predicted molar refractivity (Wildman–Crippen MR) is 106 cm³/mol. The lowest BCUT2D eigenvalue weighted by Crippen LogP contribution is -2.26. The Morgan fingerprint density at radius 1 is 1.13 bits per heavy atom. The molecule has 9 nitrogen and oxygen atoms in total. The van der Waals surface area contributed by atoms with E-state index in [1.54, 1.807) is 48.5 Å². The third-order valence-corrected chi connectivity index (χ3v) is 4.58. The van der Waals surface area contributed by atoms with Crippen molar-refractivity contribution in [3.63, 3.8) is 0 Å². The minimum Gasteiger partial charge on any atom is -0.489 e. The maximum Gasteiger partial charge on any atom is 0.340 e. The van der Waals surface area contributed by atoms with Gasteiger partial charge in [-0.25, -0.2) is 4.79 Å². The Hall–Kier alpha value is -4.01. The third-order valence-electron chi connectivity index (χ3n) is 4.58. The standard InChI is InChI=1S/C21H18N4O5/c1-13-18(14(2)30-23-13)11-28-16-7-5-6-15(10-16)21(27)29-12-25-20(26)17-8-3-4-9-19(17)22-24-25/h3-10H,11-12H2,1-2H3. The molecular weight excluding hydrogens is 388 g/mol. The molecule has 0 radical (unpaired) electrons. The van der Waals surface area contributed by atoms with E-state index in [-0.39, 0.29) is 24.5 Å². The molecular formula is C21H18N4O5. The maximum absolute atomic E-state index is 12.4. The minimum atomic E-state index is -0.611. The molecule has 0 amide bonds. The molecule has 0 atom stereocenters. The van der Waals surface area contributed by atoms with E-state index in [4.69, 9.17) is 14.0 Å². The smallest absolute Gasteiger partial charge is 0.340 e. The van der Waals surface area contributed by atoms with Gasteiger partial charge in [-0.15, -0.1) is 5.10 Å². The van der Waals surface area contributed by atoms with E-state index in [0.717, 1.165) is 15.9 Å². The first-order chi connectivity index (χ1) is 14.5. The van der Waals surface area contributed by atoms with Crippen molar-refractivity contribution in [2.24, 2.45) is 0 Å². The highest BCUT2D eigenvalue weighted by molar-refractivity contribution is 5.89. The van der Waals surface area contributed by atoms with E-state index in [0.29, 0.717) is 22.4 Å². The first-order valence-corrected chi connectivity index (χ1v) is 9.17. The molecule has 30 heavy (non-hydrogen) atoms. The number of esters is 1. The van der Waals surface area contributed by atoms with Crippen molar-refractivity contribution in [2.45, 2.75) is 27.2 Å². The van der Waals surface area contributed by atoms with E-state index >= 15 is 0 Å². The van der Waals surface area contributed by atoms with Gasteiger partial charge in [-0.3, -0.25) is 4.79 Å². The van der Waals surface area contributed by atoms with Crippen molar-refractivity contribution in [2.75, 3.05) is 0 Å². The van der Waals surface area contributed by atoms with Crippen LogP contribution in [0.5, 0.6) is 5.75 Å². The van der Waals surface area contributed by atoms with E-state index in [9.17, 15) is 9.59 Å². The van der Waals surface area contributed by atoms with Gasteiger partial charge in [0.05, 0.1) is 22.2 Å². The molecule has 0 saturated carbocycles. The monoisotopic (exact) mass is 406 g/mol. The van der Waals surface area contributed by atoms with Gasteiger partial charge in [-0.1, -0.05) is 28.6 Å². The van der Waals surface area contributed by atoms with Gasteiger partial charge in [0, 0.05) is 0 Å². The average Bonchev–Trinajstić information content (AvgIpc) is 3.09. The normalized spacial score (nSPS) is 10.9. The Morgan fingerprint density at radius 3 is 2.77 bits per heavy atom. The largest absolute Gasteiger partial charge is 0.489 e. The van der Waals surface area contributed by atoms with Crippen molar-refractivity contribution >= 4 is 16.9 Å². The zero-order chi connectivity index (χ0) is 21.1. The summed E-state index contributed by atoms with van der Waals surface area (Å²) >= 11 is 0. The lowest BCUT2D eigenvalue weighted by atomic mass is 10.2. The van der Waals surface area contributed by atoms with Crippen LogP contribution in [0.15, 0.2) is 57.8 Å². The van der Waals surface area contributed by atoms with Gasteiger partial charge >= 0.3 is 5.97 Å². The van der Waals surface area contributed by atoms with Gasteiger partial charge in [-0.05, 0) is 44.2 Å². The number of aryl methyl sites for hydroxylation is 2. The van der Waals surface area contributed by atoms with E-state index in [2.05, 4.69) is 15.5 Å². The van der Waals surface area contributed by atoms with Crippen molar-refractivity contribution in [1.29, 1.82) is 0 Å². The highest BCUT2D eigenvalue weighted by atomic mass is 16.5. The second kappa shape index (κ2) is 8.16. The number of benzene rings is 2. The Balaban J connectivity index is 1.43. The summed E-state index contributed by atoms with van der Waals surface area (Å²) in [4.78, 5) is 24.8. The molecule has 4 aromatic rings. The van der Waals surface area contributed by atoms with Crippen LogP contribution in [0.4, 0.5) is 0 Å². The molecule has 152 valence electrons. The molecule has 0 bridgehead atoms. The fraction of sp³-hybridized carbons (Fsp3) is 0.190. The highest BCUT2D eigenvalue weighted by Gasteiger charge is 2.13. The summed E-state index contributed by atoms with van der Waals surface area (Å²) < 4.78 is 17.1. The van der Waals surface area contributed by atoms with Crippen LogP contribution in [0, 0.1) is 13.8 Å². The van der Waals surface area contributed by atoms with Crippen LogP contribution >= 0.6 is 0 Å². The number of fused-ring (bicyclic) bond motifs is 1. The number of nitrogens with zero attached hydrogens (tertiary/aromatic N) is 4. The zero-order valence-corrected chi connectivity index (χ0v) is 16.4. The molecule has 0 aliphatic carbocycles. The molecule has 0 N–H and O–H groups in total. The molecule has 4 rings (SSSR count). The van der Waals surface area contributed by atoms with Gasteiger partial charge in [0.2, 0.25) is 0 Å². The molecule has 2 heterocycles. The van der Waals surface area contributed by atoms with E-state index in [1.165, 1.54) is 0 Å². The maximum atomic E-state index is 12.4. The van der Waals surface area contributed by atoms with Gasteiger partial charge in [0.25, 0.3) is 5.56 Å². The first-order valence-electron chi connectivity index (χ1n) is 9.17. The average molecular weight is 406 g/mol. The van der Waals surface area contributed by atoms with Crippen LogP contribution in [0.25, 0.3) is 10.9 Å². The Kier molecular flexibility index (Phi) is 5.25. The van der Waals surface area contributed by atoms with Crippen LogP contribution in [-0.2, 0) is 18.1 Å². The summed E-state index contributed by atoms with van der Waals surface area (Å²) in [5.41, 5.74) is 1.99. The fourth-order valence-corrected chi connectivity index (χ4v) is 2.89. The van der Waals surface area contributed by atoms with Crippen molar-refractivity contribution in [3.05, 3.63) is 81.5 Å². The lowest BCUT2D eigenvalue weighted by Gasteiger charge is -2.09. The van der Waals surface area contributed by atoms with Gasteiger partial charge in [0.1, 0.15) is 23.6 Å². The summed E-state index contributed by atoms with van der Waals surface area (Å²) in [7, 11) is 0. The topological polar surface area (TPSA) is 109 Å². The van der Waals surface area contributed by atoms with Crippen LogP contribution in [0.2, 0.25) is 0 Å². The quantitative estimate of drug-likeness (QED) is 0.450. The highest BCUT2D eigenvalue weighted by Crippen LogP contribution is 2.19. The van der Waals surface area contributed by atoms with Crippen LogP contribution in [0.3, 0.4) is 0 Å². The van der Waals surface area contributed by atoms with Crippen molar-refractivity contribution in [3.8, 4) is 5.75 Å². The molecule has 2 aromatic carbocycles. The summed E-state index contributed by atoms with van der Waals surface area (Å²) in [6.07, 6.45) is 0. The molecule has 9 heteroatoms. The summed E-state index contributed by atoms with van der Waals surface area (Å²) in [6.45, 7) is 3.56. The SMILES string of the molecule is Cc1noc(C)c1COc1cccc(C(=O)OCn2nnc3ccccc3c2=O)c1. The Morgan fingerprint density at radius 2 is 1.97 bits per heavy atom. The Bertz CT molecular complexity index is 1260. The summed E-state index contributed by atoms with van der Waals surface area (Å²) in [5, 5.41) is 12.0. The number of carbonyl (C=O) groups excluding carboxylic acids is 1. The molecule has 0 aliphatic rings. The van der Waals surface area contributed by atoms with E-state index < -0.39 is 5.97 Å². The van der Waals surface area contributed by atoms with Crippen molar-refractivity contribution < 1.29 is 18.8 Å². The number of rotatable bonds is 6. The molecule has 0 unspecified atom stereocenters. The molecule has 2 aromatic heterocycles. The van der Waals surface area contributed by atoms with Gasteiger partial charge in [-0.2, -0.15) is 4.68 Å². The fourth-order valence-electron chi connectivity index (χ4n) is 2.89. The summed E-state index contributed by atoms with van der Waals surface area (Å²) in [6, 6.07) is 13.4. The van der Waals surface area contributed by atoms with Crippen LogP contribution < -0.4 is 10.3 Å². The number of ether oxygens (including phenoxy) is 2. The summed E-state index contributed by atoms with van der Waals surface area (Å²) in [5.74, 6) is 0.566.